The zero-order chi connectivity index (χ0) is 10.6. The Kier molecular flexibility index (Phi) is 4.38. The van der Waals surface area contributed by atoms with Crippen LogP contribution < -0.4 is 5.32 Å². The van der Waals surface area contributed by atoms with Gasteiger partial charge in [-0.15, -0.1) is 0 Å². The summed E-state index contributed by atoms with van der Waals surface area (Å²) in [6.45, 7) is 4.92. The van der Waals surface area contributed by atoms with Crippen molar-refractivity contribution in [2.75, 3.05) is 12.3 Å². The molecule has 1 aliphatic rings. The molecule has 0 bridgehead atoms. The van der Waals surface area contributed by atoms with E-state index in [1.165, 1.54) is 0 Å². The van der Waals surface area contributed by atoms with E-state index in [2.05, 4.69) is 12.2 Å². The van der Waals surface area contributed by atoms with Crippen LogP contribution in [0.1, 0.15) is 39.5 Å². The van der Waals surface area contributed by atoms with Crippen LogP contribution in [0.4, 0.5) is 0 Å². The zero-order valence-corrected chi connectivity index (χ0v) is 9.94. The van der Waals surface area contributed by atoms with Gasteiger partial charge in [0, 0.05) is 6.04 Å². The molecule has 14 heavy (non-hydrogen) atoms. The molecule has 0 heterocycles. The first-order chi connectivity index (χ1) is 6.60. The summed E-state index contributed by atoms with van der Waals surface area (Å²) in [7, 11) is -2.80. The number of hydrogen-bond donors (Lipinski definition) is 1. The number of sulfone groups is 1. The van der Waals surface area contributed by atoms with E-state index in [1.807, 2.05) is 6.92 Å². The summed E-state index contributed by atoms with van der Waals surface area (Å²) in [6, 6.07) is 0.427. The van der Waals surface area contributed by atoms with E-state index in [1.54, 1.807) is 0 Å². The Balaban J connectivity index is 2.49. The Bertz CT molecular complexity index is 261. The van der Waals surface area contributed by atoms with Gasteiger partial charge in [-0.3, -0.25) is 0 Å². The summed E-state index contributed by atoms with van der Waals surface area (Å²) in [6.07, 6.45) is 3.42. The Morgan fingerprint density at radius 1 is 1.29 bits per heavy atom. The van der Waals surface area contributed by atoms with Crippen LogP contribution in [-0.4, -0.2) is 32.0 Å². The van der Waals surface area contributed by atoms with Crippen molar-refractivity contribution < 1.29 is 8.42 Å². The van der Waals surface area contributed by atoms with Gasteiger partial charge < -0.3 is 5.32 Å². The smallest absolute Gasteiger partial charge is 0.153 e. The fraction of sp³-hybridized carbons (Fsp3) is 1.00. The van der Waals surface area contributed by atoms with Crippen molar-refractivity contribution in [3.63, 3.8) is 0 Å². The average Bonchev–Trinajstić information content (AvgIpc) is 2.54. The van der Waals surface area contributed by atoms with Crippen molar-refractivity contribution in [1.82, 2.24) is 5.32 Å². The first-order valence-corrected chi connectivity index (χ1v) is 7.26. The third-order valence-electron chi connectivity index (χ3n) is 2.87. The van der Waals surface area contributed by atoms with Crippen molar-refractivity contribution in [2.24, 2.45) is 0 Å². The molecule has 0 aliphatic heterocycles. The molecule has 0 aromatic heterocycles. The summed E-state index contributed by atoms with van der Waals surface area (Å²) in [4.78, 5) is 0. The first-order valence-electron chi connectivity index (χ1n) is 5.55. The molecule has 1 rings (SSSR count). The molecular weight excluding hydrogens is 198 g/mol. The molecule has 84 valence electrons. The minimum absolute atomic E-state index is 0.0773. The summed E-state index contributed by atoms with van der Waals surface area (Å²) >= 11 is 0. The van der Waals surface area contributed by atoms with Crippen LogP contribution in [0.2, 0.25) is 0 Å². The number of rotatable bonds is 5. The molecule has 0 saturated heterocycles. The lowest BCUT2D eigenvalue weighted by Crippen LogP contribution is -2.28. The Morgan fingerprint density at radius 3 is 2.57 bits per heavy atom. The van der Waals surface area contributed by atoms with Gasteiger partial charge in [0.2, 0.25) is 0 Å². The van der Waals surface area contributed by atoms with E-state index in [0.717, 1.165) is 32.2 Å². The van der Waals surface area contributed by atoms with Gasteiger partial charge in [0.15, 0.2) is 9.84 Å². The van der Waals surface area contributed by atoms with Crippen molar-refractivity contribution in [2.45, 2.75) is 50.8 Å². The van der Waals surface area contributed by atoms with E-state index in [0.29, 0.717) is 11.8 Å². The van der Waals surface area contributed by atoms with Gasteiger partial charge in [0.25, 0.3) is 0 Å². The second-order valence-corrected chi connectivity index (χ2v) is 6.46. The van der Waals surface area contributed by atoms with Gasteiger partial charge in [-0.2, -0.15) is 0 Å². The summed E-state index contributed by atoms with van der Waals surface area (Å²) in [5, 5.41) is 3.25. The third kappa shape index (κ3) is 2.95. The second-order valence-electron chi connectivity index (χ2n) is 4.06. The van der Waals surface area contributed by atoms with E-state index < -0.39 is 9.84 Å². The lowest BCUT2D eigenvalue weighted by atomic mass is 10.2. The summed E-state index contributed by atoms with van der Waals surface area (Å²) in [5.74, 6) is 0.358. The minimum atomic E-state index is -2.80. The standard InChI is InChI=1S/C10H21NO2S/c1-3-7-14(12,13)10-6-5-9(8-10)11-4-2/h9-11H,3-8H2,1-2H3. The second kappa shape index (κ2) is 5.12. The van der Waals surface area contributed by atoms with Crippen molar-refractivity contribution in [3.8, 4) is 0 Å². The van der Waals surface area contributed by atoms with Crippen LogP contribution in [0.25, 0.3) is 0 Å². The van der Waals surface area contributed by atoms with Crippen molar-refractivity contribution in [3.05, 3.63) is 0 Å². The molecule has 1 saturated carbocycles. The number of hydrogen-bond acceptors (Lipinski definition) is 3. The van der Waals surface area contributed by atoms with Crippen LogP contribution in [0.3, 0.4) is 0 Å². The Morgan fingerprint density at radius 2 is 2.00 bits per heavy atom. The van der Waals surface area contributed by atoms with Crippen molar-refractivity contribution in [1.29, 1.82) is 0 Å². The van der Waals surface area contributed by atoms with Gasteiger partial charge >= 0.3 is 0 Å². The largest absolute Gasteiger partial charge is 0.314 e. The monoisotopic (exact) mass is 219 g/mol. The highest BCUT2D eigenvalue weighted by molar-refractivity contribution is 7.92. The maximum absolute atomic E-state index is 11.8. The van der Waals surface area contributed by atoms with Crippen LogP contribution in [0.5, 0.6) is 0 Å². The summed E-state index contributed by atoms with van der Waals surface area (Å²) < 4.78 is 23.5. The highest BCUT2D eigenvalue weighted by Crippen LogP contribution is 2.26. The predicted molar refractivity (Wildman–Crippen MR) is 59.2 cm³/mol. The Labute approximate surface area is 87.2 Å². The third-order valence-corrected chi connectivity index (χ3v) is 5.29. The molecule has 1 fully saturated rings. The van der Waals surface area contributed by atoms with Gasteiger partial charge in [-0.25, -0.2) is 8.42 Å². The molecule has 1 N–H and O–H groups in total. The molecule has 2 atom stereocenters. The quantitative estimate of drug-likeness (QED) is 0.759. The molecule has 3 nitrogen and oxygen atoms in total. The Hall–Kier alpha value is -0.0900. The minimum Gasteiger partial charge on any atom is -0.314 e. The highest BCUT2D eigenvalue weighted by Gasteiger charge is 2.32. The maximum Gasteiger partial charge on any atom is 0.153 e. The lowest BCUT2D eigenvalue weighted by Gasteiger charge is -2.12. The van der Waals surface area contributed by atoms with Gasteiger partial charge in [0.1, 0.15) is 0 Å². The van der Waals surface area contributed by atoms with Crippen LogP contribution in [0, 0.1) is 0 Å². The topological polar surface area (TPSA) is 46.2 Å². The summed E-state index contributed by atoms with van der Waals surface area (Å²) in [5.41, 5.74) is 0. The van der Waals surface area contributed by atoms with Crippen molar-refractivity contribution >= 4 is 9.84 Å². The molecule has 0 aromatic rings. The first kappa shape index (κ1) is 12.0. The maximum atomic E-state index is 11.8. The van der Waals surface area contributed by atoms with Crippen LogP contribution in [-0.2, 0) is 9.84 Å². The van der Waals surface area contributed by atoms with Crippen LogP contribution in [0.15, 0.2) is 0 Å². The molecule has 0 radical (unpaired) electrons. The average molecular weight is 219 g/mol. The van der Waals surface area contributed by atoms with Crippen LogP contribution >= 0.6 is 0 Å². The molecule has 0 spiro atoms. The molecule has 4 heteroatoms. The predicted octanol–water partition coefficient (Wildman–Crippen LogP) is 1.34. The molecule has 2 unspecified atom stereocenters. The molecule has 0 amide bonds. The zero-order valence-electron chi connectivity index (χ0n) is 9.12. The normalized spacial score (nSPS) is 28.1. The highest BCUT2D eigenvalue weighted by atomic mass is 32.2. The van der Waals surface area contributed by atoms with E-state index in [9.17, 15) is 8.42 Å². The molecular formula is C10H21NO2S. The van der Waals surface area contributed by atoms with Gasteiger partial charge in [-0.05, 0) is 32.2 Å². The van der Waals surface area contributed by atoms with Gasteiger partial charge in [0.05, 0.1) is 11.0 Å². The van der Waals surface area contributed by atoms with E-state index >= 15 is 0 Å². The number of nitrogens with one attached hydrogen (secondary N) is 1. The van der Waals surface area contributed by atoms with Gasteiger partial charge in [-0.1, -0.05) is 13.8 Å². The molecule has 1 aliphatic carbocycles. The molecule has 0 aromatic carbocycles. The SMILES string of the molecule is CCCS(=O)(=O)C1CCC(NCC)C1. The fourth-order valence-corrected chi connectivity index (χ4v) is 4.11. The van der Waals surface area contributed by atoms with E-state index in [4.69, 9.17) is 0 Å². The van der Waals surface area contributed by atoms with E-state index in [-0.39, 0.29) is 5.25 Å². The lowest BCUT2D eigenvalue weighted by molar-refractivity contribution is 0.537. The fourth-order valence-electron chi connectivity index (χ4n) is 2.19.